The van der Waals surface area contributed by atoms with Crippen LogP contribution in [0.25, 0.3) is 0 Å². The van der Waals surface area contributed by atoms with Crippen molar-refractivity contribution in [3.63, 3.8) is 0 Å². The third-order valence-corrected chi connectivity index (χ3v) is 3.73. The van der Waals surface area contributed by atoms with Gasteiger partial charge in [0.1, 0.15) is 0 Å². The normalized spacial score (nSPS) is 10.9. The Balaban J connectivity index is 0.00000180. The van der Waals surface area contributed by atoms with E-state index in [-0.39, 0.29) is 24.0 Å². The monoisotopic (exact) mass is 387 g/mol. The molecule has 1 aromatic carbocycles. The van der Waals surface area contributed by atoms with Crippen molar-refractivity contribution in [1.29, 1.82) is 0 Å². The lowest BCUT2D eigenvalue weighted by Crippen LogP contribution is -2.22. The second kappa shape index (κ2) is 8.16. The summed E-state index contributed by atoms with van der Waals surface area (Å²) >= 11 is 1.79. The maximum Gasteiger partial charge on any atom is 0.193 e. The van der Waals surface area contributed by atoms with Crippen LogP contribution in [0.5, 0.6) is 0 Å². The zero-order valence-electron chi connectivity index (χ0n) is 10.8. The Morgan fingerprint density at radius 3 is 2.47 bits per heavy atom. The van der Waals surface area contributed by atoms with Gasteiger partial charge in [-0.2, -0.15) is 0 Å². The summed E-state index contributed by atoms with van der Waals surface area (Å²) in [6, 6.07) is 14.1. The van der Waals surface area contributed by atoms with Crippen LogP contribution < -0.4 is 11.1 Å². The fourth-order valence-electron chi connectivity index (χ4n) is 1.57. The molecule has 1 aromatic heterocycles. The van der Waals surface area contributed by atoms with Crippen LogP contribution in [0.1, 0.15) is 16.7 Å². The molecular weight excluding hydrogens is 369 g/mol. The number of nitrogens with two attached hydrogens (primary N) is 1. The third kappa shape index (κ3) is 5.20. The number of halogens is 1. The van der Waals surface area contributed by atoms with Crippen LogP contribution in [0.15, 0.2) is 47.5 Å². The van der Waals surface area contributed by atoms with Crippen LogP contribution in [0.3, 0.4) is 0 Å². The molecule has 2 aromatic rings. The molecule has 0 unspecified atom stereocenters. The number of guanidine groups is 1. The maximum absolute atomic E-state index is 5.84. The average molecular weight is 387 g/mol. The number of nitrogens with one attached hydrogen (secondary N) is 1. The maximum atomic E-state index is 5.84. The summed E-state index contributed by atoms with van der Waals surface area (Å²) in [4.78, 5) is 6.96. The van der Waals surface area contributed by atoms with Crippen LogP contribution in [0.2, 0.25) is 0 Å². The zero-order valence-corrected chi connectivity index (χ0v) is 13.9. The molecule has 0 spiro atoms. The number of anilines is 1. The molecule has 5 heteroatoms. The summed E-state index contributed by atoms with van der Waals surface area (Å²) in [5.74, 6) is 0.452. The SMILES string of the molecule is CCc1ccc(CN=C(N)Nc2ccccc2)s1.I. The highest BCUT2D eigenvalue weighted by Gasteiger charge is 1.98. The van der Waals surface area contributed by atoms with E-state index >= 15 is 0 Å². The van der Waals surface area contributed by atoms with Gasteiger partial charge in [-0.1, -0.05) is 25.1 Å². The lowest BCUT2D eigenvalue weighted by Gasteiger charge is -2.04. The zero-order chi connectivity index (χ0) is 12.8. The van der Waals surface area contributed by atoms with E-state index in [9.17, 15) is 0 Å². The summed E-state index contributed by atoms with van der Waals surface area (Å²) in [5.41, 5.74) is 6.79. The number of hydrogen-bond acceptors (Lipinski definition) is 2. The lowest BCUT2D eigenvalue weighted by atomic mass is 10.3. The number of para-hydroxylation sites is 1. The van der Waals surface area contributed by atoms with Crippen molar-refractivity contribution in [3.05, 3.63) is 52.2 Å². The minimum atomic E-state index is 0. The van der Waals surface area contributed by atoms with Crippen molar-refractivity contribution in [2.75, 3.05) is 5.32 Å². The number of nitrogens with zero attached hydrogens (tertiary/aromatic N) is 1. The van der Waals surface area contributed by atoms with Gasteiger partial charge in [-0.3, -0.25) is 0 Å². The summed E-state index contributed by atoms with van der Waals surface area (Å²) in [7, 11) is 0. The Morgan fingerprint density at radius 2 is 1.84 bits per heavy atom. The first-order valence-electron chi connectivity index (χ1n) is 5.97. The van der Waals surface area contributed by atoms with E-state index < -0.39 is 0 Å². The molecule has 0 radical (unpaired) electrons. The van der Waals surface area contributed by atoms with Crippen molar-refractivity contribution >= 4 is 47.0 Å². The molecule has 0 saturated heterocycles. The van der Waals surface area contributed by atoms with Gasteiger partial charge in [0.2, 0.25) is 0 Å². The first kappa shape index (κ1) is 16.0. The second-order valence-corrected chi connectivity index (χ2v) is 5.17. The van der Waals surface area contributed by atoms with Gasteiger partial charge in [0.25, 0.3) is 0 Å². The van der Waals surface area contributed by atoms with Crippen molar-refractivity contribution in [1.82, 2.24) is 0 Å². The number of rotatable bonds is 4. The van der Waals surface area contributed by atoms with E-state index in [4.69, 9.17) is 5.73 Å². The van der Waals surface area contributed by atoms with Gasteiger partial charge in [0.15, 0.2) is 5.96 Å². The second-order valence-electron chi connectivity index (χ2n) is 3.91. The Kier molecular flexibility index (Phi) is 6.86. The third-order valence-electron chi connectivity index (χ3n) is 2.52. The summed E-state index contributed by atoms with van der Waals surface area (Å²) in [5, 5.41) is 3.07. The highest BCUT2D eigenvalue weighted by atomic mass is 127. The Bertz CT molecular complexity index is 522. The standard InChI is InChI=1S/C14H17N3S.HI/c1-2-12-8-9-13(18-12)10-16-14(15)17-11-6-4-3-5-7-11;/h3-9H,2,10H2,1H3,(H3,15,16,17);1H. The molecule has 0 fully saturated rings. The largest absolute Gasteiger partial charge is 0.370 e. The smallest absolute Gasteiger partial charge is 0.193 e. The average Bonchev–Trinajstić information content (AvgIpc) is 2.85. The molecule has 19 heavy (non-hydrogen) atoms. The molecule has 0 aliphatic rings. The molecule has 3 nitrogen and oxygen atoms in total. The summed E-state index contributed by atoms with van der Waals surface area (Å²) in [6.07, 6.45) is 1.08. The Hall–Kier alpha value is -1.08. The Morgan fingerprint density at radius 1 is 1.16 bits per heavy atom. The fourth-order valence-corrected chi connectivity index (χ4v) is 2.45. The predicted octanol–water partition coefficient (Wildman–Crippen LogP) is 3.86. The van der Waals surface area contributed by atoms with Gasteiger partial charge >= 0.3 is 0 Å². The minimum absolute atomic E-state index is 0. The van der Waals surface area contributed by atoms with E-state index in [0.29, 0.717) is 12.5 Å². The highest BCUT2D eigenvalue weighted by molar-refractivity contribution is 14.0. The molecule has 1 heterocycles. The number of aliphatic imine (C=N–C) groups is 1. The van der Waals surface area contributed by atoms with Gasteiger partial charge in [-0.15, -0.1) is 35.3 Å². The molecule has 102 valence electrons. The van der Waals surface area contributed by atoms with Crippen molar-refractivity contribution in [2.45, 2.75) is 19.9 Å². The van der Waals surface area contributed by atoms with E-state index in [1.807, 2.05) is 30.3 Å². The van der Waals surface area contributed by atoms with Gasteiger partial charge in [-0.25, -0.2) is 4.99 Å². The number of aryl methyl sites for hydroxylation is 1. The number of hydrogen-bond donors (Lipinski definition) is 2. The topological polar surface area (TPSA) is 50.4 Å². The first-order chi connectivity index (χ1) is 8.78. The van der Waals surface area contributed by atoms with Crippen molar-refractivity contribution in [2.24, 2.45) is 10.7 Å². The molecular formula is C14H18IN3S. The minimum Gasteiger partial charge on any atom is -0.370 e. The summed E-state index contributed by atoms with van der Waals surface area (Å²) < 4.78 is 0. The number of thiophene rings is 1. The van der Waals surface area contributed by atoms with Crippen LogP contribution in [0, 0.1) is 0 Å². The molecule has 0 bridgehead atoms. The van der Waals surface area contributed by atoms with Crippen LogP contribution >= 0.6 is 35.3 Å². The molecule has 0 saturated carbocycles. The van der Waals surface area contributed by atoms with Crippen molar-refractivity contribution < 1.29 is 0 Å². The number of benzene rings is 1. The fraction of sp³-hybridized carbons (Fsp3) is 0.214. The van der Waals surface area contributed by atoms with Crippen molar-refractivity contribution in [3.8, 4) is 0 Å². The molecule has 0 atom stereocenters. The Labute approximate surface area is 135 Å². The van der Waals surface area contributed by atoms with Gasteiger partial charge in [-0.05, 0) is 30.7 Å². The highest BCUT2D eigenvalue weighted by Crippen LogP contribution is 2.17. The predicted molar refractivity (Wildman–Crippen MR) is 94.5 cm³/mol. The lowest BCUT2D eigenvalue weighted by molar-refractivity contribution is 1.09. The van der Waals surface area contributed by atoms with E-state index in [1.165, 1.54) is 9.75 Å². The van der Waals surface area contributed by atoms with Crippen LogP contribution in [-0.4, -0.2) is 5.96 Å². The van der Waals surface area contributed by atoms with Gasteiger partial charge in [0, 0.05) is 15.4 Å². The molecule has 3 N–H and O–H groups in total. The van der Waals surface area contributed by atoms with Crippen LogP contribution in [0.4, 0.5) is 5.69 Å². The van der Waals surface area contributed by atoms with E-state index in [0.717, 1.165) is 12.1 Å². The van der Waals surface area contributed by atoms with Gasteiger partial charge < -0.3 is 11.1 Å². The molecule has 0 aliphatic heterocycles. The van der Waals surface area contributed by atoms with E-state index in [2.05, 4.69) is 29.4 Å². The van der Waals surface area contributed by atoms with Crippen LogP contribution in [-0.2, 0) is 13.0 Å². The quantitative estimate of drug-likeness (QED) is 0.476. The van der Waals surface area contributed by atoms with E-state index in [1.54, 1.807) is 11.3 Å². The first-order valence-corrected chi connectivity index (χ1v) is 6.79. The van der Waals surface area contributed by atoms with Gasteiger partial charge in [0.05, 0.1) is 6.54 Å². The molecule has 2 rings (SSSR count). The molecule has 0 aliphatic carbocycles. The summed E-state index contributed by atoms with van der Waals surface area (Å²) in [6.45, 7) is 2.79. The molecule has 0 amide bonds.